The van der Waals surface area contributed by atoms with E-state index < -0.39 is 5.54 Å². The topological polar surface area (TPSA) is 125 Å². The number of para-hydroxylation sites is 1. The van der Waals surface area contributed by atoms with Gasteiger partial charge in [-0.05, 0) is 37.6 Å². The van der Waals surface area contributed by atoms with Crippen molar-refractivity contribution in [3.63, 3.8) is 0 Å². The fraction of sp³-hybridized carbons (Fsp3) is 0.160. The van der Waals surface area contributed by atoms with Gasteiger partial charge in [-0.25, -0.2) is 15.0 Å². The lowest BCUT2D eigenvalue weighted by Gasteiger charge is -2.32. The van der Waals surface area contributed by atoms with E-state index in [2.05, 4.69) is 20.3 Å². The minimum atomic E-state index is -0.867. The third-order valence-corrected chi connectivity index (χ3v) is 6.24. The van der Waals surface area contributed by atoms with Gasteiger partial charge in [0.1, 0.15) is 17.9 Å². The summed E-state index contributed by atoms with van der Waals surface area (Å²) in [6.07, 6.45) is 5.10. The zero-order valence-corrected chi connectivity index (χ0v) is 19.8. The Morgan fingerprint density at radius 3 is 2.63 bits per heavy atom. The van der Waals surface area contributed by atoms with Crippen LogP contribution in [0.4, 0.5) is 11.8 Å². The smallest absolute Gasteiger partial charge is 0.267 e. The molecule has 3 aromatic heterocycles. The molecule has 0 aliphatic heterocycles. The van der Waals surface area contributed by atoms with Gasteiger partial charge in [-0.1, -0.05) is 42.8 Å². The summed E-state index contributed by atoms with van der Waals surface area (Å²) in [6, 6.07) is 14.6. The summed E-state index contributed by atoms with van der Waals surface area (Å²) in [5.74, 6) is 1.32. The first kappa shape index (κ1) is 22.5. The van der Waals surface area contributed by atoms with Crippen LogP contribution < -0.4 is 16.6 Å². The Kier molecular flexibility index (Phi) is 5.70. The monoisotopic (exact) mass is 487 g/mol. The molecule has 3 N–H and O–H groups in total. The van der Waals surface area contributed by atoms with Crippen LogP contribution in [0.15, 0.2) is 76.4 Å². The van der Waals surface area contributed by atoms with Gasteiger partial charge in [0.05, 0.1) is 38.9 Å². The SMILES string of the molecule is CCC(C)(Nc1nc(N)ncc1-c1ncco1)c1nc2cccc(Cl)c2c(=O)n1-c1ccccc1. The van der Waals surface area contributed by atoms with Gasteiger partial charge in [0, 0.05) is 6.20 Å². The summed E-state index contributed by atoms with van der Waals surface area (Å²) in [5, 5.41) is 4.15. The van der Waals surface area contributed by atoms with Crippen LogP contribution >= 0.6 is 11.6 Å². The Bertz CT molecular complexity index is 1570. The van der Waals surface area contributed by atoms with Gasteiger partial charge in [-0.15, -0.1) is 0 Å². The third-order valence-electron chi connectivity index (χ3n) is 5.93. The molecule has 1 unspecified atom stereocenters. The number of benzene rings is 2. The normalized spacial score (nSPS) is 13.0. The largest absolute Gasteiger partial charge is 0.444 e. The van der Waals surface area contributed by atoms with Crippen molar-refractivity contribution < 1.29 is 4.42 Å². The average molecular weight is 488 g/mol. The van der Waals surface area contributed by atoms with E-state index in [1.807, 2.05) is 44.2 Å². The molecule has 35 heavy (non-hydrogen) atoms. The van der Waals surface area contributed by atoms with E-state index in [0.29, 0.717) is 51.1 Å². The number of hydrogen-bond donors (Lipinski definition) is 2. The Balaban J connectivity index is 1.77. The molecule has 3 heterocycles. The van der Waals surface area contributed by atoms with Crippen LogP contribution in [0.2, 0.25) is 5.02 Å². The molecular weight excluding hydrogens is 466 g/mol. The van der Waals surface area contributed by atoms with Gasteiger partial charge in [0.25, 0.3) is 5.56 Å². The van der Waals surface area contributed by atoms with E-state index in [1.165, 1.54) is 12.5 Å². The maximum Gasteiger partial charge on any atom is 0.267 e. The van der Waals surface area contributed by atoms with Crippen molar-refractivity contribution >= 4 is 34.3 Å². The highest BCUT2D eigenvalue weighted by Crippen LogP contribution is 2.34. The molecule has 0 bridgehead atoms. The number of fused-ring (bicyclic) bond motifs is 1. The van der Waals surface area contributed by atoms with Crippen molar-refractivity contribution in [1.29, 1.82) is 0 Å². The quantitative estimate of drug-likeness (QED) is 0.349. The van der Waals surface area contributed by atoms with E-state index >= 15 is 0 Å². The van der Waals surface area contributed by atoms with Crippen molar-refractivity contribution in [1.82, 2.24) is 24.5 Å². The highest BCUT2D eigenvalue weighted by atomic mass is 35.5. The van der Waals surface area contributed by atoms with E-state index in [4.69, 9.17) is 26.7 Å². The summed E-state index contributed by atoms with van der Waals surface area (Å²) in [4.78, 5) is 31.5. The zero-order valence-electron chi connectivity index (χ0n) is 19.1. The molecule has 1 atom stereocenters. The number of aromatic nitrogens is 5. The molecular formula is C25H22ClN7O2. The summed E-state index contributed by atoms with van der Waals surface area (Å²) in [7, 11) is 0. The molecule has 0 amide bonds. The van der Waals surface area contributed by atoms with Crippen molar-refractivity contribution in [2.75, 3.05) is 11.1 Å². The lowest BCUT2D eigenvalue weighted by Crippen LogP contribution is -2.39. The number of anilines is 2. The molecule has 2 aromatic carbocycles. The molecule has 5 aromatic rings. The van der Waals surface area contributed by atoms with Gasteiger partial charge >= 0.3 is 0 Å². The molecule has 0 saturated heterocycles. The van der Waals surface area contributed by atoms with Gasteiger partial charge < -0.3 is 15.5 Å². The minimum Gasteiger partial charge on any atom is -0.444 e. The molecule has 0 aliphatic carbocycles. The molecule has 0 spiro atoms. The second-order valence-electron chi connectivity index (χ2n) is 8.18. The van der Waals surface area contributed by atoms with Gasteiger partial charge in [-0.2, -0.15) is 4.98 Å². The summed E-state index contributed by atoms with van der Waals surface area (Å²) in [5.41, 5.74) is 6.48. The van der Waals surface area contributed by atoms with Crippen LogP contribution in [-0.2, 0) is 5.54 Å². The Morgan fingerprint density at radius 1 is 1.11 bits per heavy atom. The van der Waals surface area contributed by atoms with Gasteiger partial charge in [0.2, 0.25) is 11.8 Å². The highest BCUT2D eigenvalue weighted by molar-refractivity contribution is 6.35. The first-order chi connectivity index (χ1) is 16.9. The van der Waals surface area contributed by atoms with Crippen molar-refractivity contribution in [2.45, 2.75) is 25.8 Å². The molecule has 0 saturated carbocycles. The van der Waals surface area contributed by atoms with Crippen LogP contribution in [-0.4, -0.2) is 24.5 Å². The van der Waals surface area contributed by atoms with Crippen LogP contribution in [0, 0.1) is 0 Å². The van der Waals surface area contributed by atoms with Gasteiger partial charge in [-0.3, -0.25) is 9.36 Å². The number of oxazole rings is 1. The number of nitrogens with two attached hydrogens (primary N) is 1. The highest BCUT2D eigenvalue weighted by Gasteiger charge is 2.33. The summed E-state index contributed by atoms with van der Waals surface area (Å²) < 4.78 is 7.06. The molecule has 0 fully saturated rings. The Hall–Kier alpha value is -4.24. The van der Waals surface area contributed by atoms with Crippen molar-refractivity contribution in [3.05, 3.63) is 88.4 Å². The van der Waals surface area contributed by atoms with E-state index in [0.717, 1.165) is 0 Å². The fourth-order valence-corrected chi connectivity index (χ4v) is 4.19. The van der Waals surface area contributed by atoms with Gasteiger partial charge in [0.15, 0.2) is 0 Å². The van der Waals surface area contributed by atoms with E-state index in [-0.39, 0.29) is 11.5 Å². The lowest BCUT2D eigenvalue weighted by molar-refractivity contribution is 0.472. The Labute approximate surface area is 205 Å². The molecule has 5 rings (SSSR count). The lowest BCUT2D eigenvalue weighted by atomic mass is 9.96. The fourth-order valence-electron chi connectivity index (χ4n) is 3.94. The van der Waals surface area contributed by atoms with Crippen molar-refractivity contribution in [2.24, 2.45) is 0 Å². The first-order valence-corrected chi connectivity index (χ1v) is 11.4. The molecule has 10 heteroatoms. The number of rotatable bonds is 6. The standard InChI is InChI=1S/C25H22ClN7O2/c1-3-25(2,32-20-16(14-29-24(27)31-20)21-28-12-13-35-21)23-30-18-11-7-10-17(26)19(18)22(34)33(23)15-8-5-4-6-9-15/h4-14H,3H2,1-2H3,(H3,27,29,31,32). The van der Waals surface area contributed by atoms with Crippen molar-refractivity contribution in [3.8, 4) is 17.1 Å². The maximum absolute atomic E-state index is 13.8. The first-order valence-electron chi connectivity index (χ1n) is 11.0. The van der Waals surface area contributed by atoms with E-state index in [9.17, 15) is 4.79 Å². The van der Waals surface area contributed by atoms with Crippen LogP contribution in [0.3, 0.4) is 0 Å². The second-order valence-corrected chi connectivity index (χ2v) is 8.59. The molecule has 9 nitrogen and oxygen atoms in total. The van der Waals surface area contributed by atoms with Crippen LogP contribution in [0.25, 0.3) is 28.0 Å². The minimum absolute atomic E-state index is 0.0833. The maximum atomic E-state index is 13.8. The zero-order chi connectivity index (χ0) is 24.6. The van der Waals surface area contributed by atoms with Crippen LogP contribution in [0.5, 0.6) is 0 Å². The van der Waals surface area contributed by atoms with Crippen LogP contribution in [0.1, 0.15) is 26.1 Å². The number of nitrogens with one attached hydrogen (secondary N) is 1. The number of halogens is 1. The number of nitrogens with zero attached hydrogens (tertiary/aromatic N) is 5. The summed E-state index contributed by atoms with van der Waals surface area (Å²) >= 11 is 6.43. The molecule has 176 valence electrons. The third kappa shape index (κ3) is 4.00. The average Bonchev–Trinajstić information content (AvgIpc) is 3.39. The molecule has 0 aliphatic rings. The summed E-state index contributed by atoms with van der Waals surface area (Å²) in [6.45, 7) is 3.94. The molecule has 0 radical (unpaired) electrons. The second kappa shape index (κ2) is 8.84. The number of hydrogen-bond acceptors (Lipinski definition) is 8. The predicted molar refractivity (Wildman–Crippen MR) is 136 cm³/mol. The van der Waals surface area contributed by atoms with E-state index in [1.54, 1.807) is 29.0 Å². The predicted octanol–water partition coefficient (Wildman–Crippen LogP) is 4.80. The Morgan fingerprint density at radius 2 is 1.91 bits per heavy atom. The number of nitrogen functional groups attached to an aromatic ring is 1.